The largest absolute Gasteiger partial charge is 0.506 e. The van der Waals surface area contributed by atoms with Crippen molar-refractivity contribution < 1.29 is 14.7 Å². The number of nitrogens with two attached hydrogens (primary N) is 1. The lowest BCUT2D eigenvalue weighted by Crippen LogP contribution is -2.34. The number of carbonyl (C=O) groups excluding carboxylic acids is 2. The van der Waals surface area contributed by atoms with Gasteiger partial charge in [-0.05, 0) is 30.3 Å². The highest BCUT2D eigenvalue weighted by Gasteiger charge is 2.22. The van der Waals surface area contributed by atoms with Gasteiger partial charge in [0.25, 0.3) is 5.91 Å². The fourth-order valence-electron chi connectivity index (χ4n) is 3.72. The molecule has 0 fully saturated rings. The number of rotatable bonds is 8. The van der Waals surface area contributed by atoms with Crippen LogP contribution in [0.25, 0.3) is 22.3 Å². The number of nitrogens with zero attached hydrogens (tertiary/aromatic N) is 6. The van der Waals surface area contributed by atoms with Crippen LogP contribution >= 0.6 is 0 Å². The summed E-state index contributed by atoms with van der Waals surface area (Å²) in [5.74, 6) is -0.987. The highest BCUT2D eigenvalue weighted by atomic mass is 16.3. The minimum atomic E-state index is -0.526. The molecule has 0 bridgehead atoms. The first-order valence-corrected chi connectivity index (χ1v) is 11.0. The van der Waals surface area contributed by atoms with Crippen LogP contribution in [0.4, 0.5) is 17.2 Å². The van der Waals surface area contributed by atoms with E-state index in [9.17, 15) is 20.0 Å². The maximum atomic E-state index is 12.9. The van der Waals surface area contributed by atoms with Crippen molar-refractivity contribution in [2.45, 2.75) is 6.54 Å². The summed E-state index contributed by atoms with van der Waals surface area (Å²) in [5, 5.41) is 27.3. The summed E-state index contributed by atoms with van der Waals surface area (Å²) in [6.07, 6.45) is 2.40. The molecule has 2 amide bonds. The number of nitriles is 1. The van der Waals surface area contributed by atoms with Gasteiger partial charge in [0.15, 0.2) is 5.65 Å². The molecule has 11 nitrogen and oxygen atoms in total. The van der Waals surface area contributed by atoms with Gasteiger partial charge in [0.2, 0.25) is 5.91 Å². The number of nitrogen functional groups attached to an aromatic ring is 1. The molecule has 2 aromatic carbocycles. The Hall–Kier alpha value is -5.50. The zero-order valence-electron chi connectivity index (χ0n) is 19.6. The number of carbonyl (C=O) groups is 2. The topological polar surface area (TPSA) is 163 Å². The molecule has 4 rings (SSSR count). The fraction of sp³-hybridized carbons (Fsp3) is 0.0769. The quantitative estimate of drug-likeness (QED) is 0.191. The number of amides is 2. The minimum absolute atomic E-state index is 0.154. The number of phenolic OH excluding ortho intramolecular Hbond substituents is 1. The molecule has 0 saturated carbocycles. The van der Waals surface area contributed by atoms with Crippen molar-refractivity contribution in [3.63, 3.8) is 0 Å². The van der Waals surface area contributed by atoms with Crippen molar-refractivity contribution in [3.05, 3.63) is 79.7 Å². The molecule has 2 aromatic heterocycles. The molecule has 0 radical (unpaired) electrons. The van der Waals surface area contributed by atoms with Gasteiger partial charge in [-0.1, -0.05) is 37.4 Å². The standard InChI is InChI=1S/C26H22N8O3/c1-3-21(36)31-19-10-9-17(13-20(19)35)23-22-24(28)29-15-30-25(22)34(32-23)12-11-33(26(37)16(2)14-27)18-7-5-4-6-8-18/h3-10,13,15,35H,1-2,11-12H2,(H,31,36)(H2,28,29,30). The van der Waals surface area contributed by atoms with Crippen molar-refractivity contribution in [3.8, 4) is 23.1 Å². The number of benzene rings is 2. The van der Waals surface area contributed by atoms with Gasteiger partial charge in [-0.25, -0.2) is 14.6 Å². The molecule has 11 heteroatoms. The van der Waals surface area contributed by atoms with E-state index in [0.29, 0.717) is 28.0 Å². The highest BCUT2D eigenvalue weighted by Crippen LogP contribution is 2.34. The Morgan fingerprint density at radius 2 is 1.97 bits per heavy atom. The summed E-state index contributed by atoms with van der Waals surface area (Å²) in [4.78, 5) is 34.3. The molecule has 184 valence electrons. The van der Waals surface area contributed by atoms with Crippen molar-refractivity contribution in [1.82, 2.24) is 19.7 Å². The van der Waals surface area contributed by atoms with Crippen molar-refractivity contribution in [1.29, 1.82) is 5.26 Å². The zero-order chi connectivity index (χ0) is 26.5. The minimum Gasteiger partial charge on any atom is -0.506 e. The Labute approximate surface area is 211 Å². The van der Waals surface area contributed by atoms with Gasteiger partial charge in [0.05, 0.1) is 17.6 Å². The molecule has 0 saturated heterocycles. The number of para-hydroxylation sites is 1. The van der Waals surface area contributed by atoms with E-state index in [1.54, 1.807) is 41.1 Å². The first-order valence-electron chi connectivity index (χ1n) is 11.0. The molecule has 0 aliphatic rings. The second-order valence-electron chi connectivity index (χ2n) is 7.84. The van der Waals surface area contributed by atoms with Crippen LogP contribution in [-0.2, 0) is 16.1 Å². The van der Waals surface area contributed by atoms with E-state index >= 15 is 0 Å². The number of aromatic hydroxyl groups is 1. The number of fused-ring (bicyclic) bond motifs is 1. The average Bonchev–Trinajstić information content (AvgIpc) is 3.29. The van der Waals surface area contributed by atoms with Gasteiger partial charge < -0.3 is 21.1 Å². The molecule has 0 aliphatic heterocycles. The Morgan fingerprint density at radius 1 is 1.22 bits per heavy atom. The Morgan fingerprint density at radius 3 is 2.65 bits per heavy atom. The first kappa shape index (κ1) is 24.6. The van der Waals surface area contributed by atoms with Crippen LogP contribution in [0.3, 0.4) is 0 Å². The lowest BCUT2D eigenvalue weighted by atomic mass is 10.1. The zero-order valence-corrected chi connectivity index (χ0v) is 19.6. The van der Waals surface area contributed by atoms with Crippen LogP contribution in [0.15, 0.2) is 79.7 Å². The van der Waals surface area contributed by atoms with E-state index in [4.69, 9.17) is 5.73 Å². The van der Waals surface area contributed by atoms with E-state index in [1.165, 1.54) is 23.4 Å². The van der Waals surface area contributed by atoms with Gasteiger partial charge in [-0.2, -0.15) is 10.4 Å². The van der Waals surface area contributed by atoms with Crippen LogP contribution in [0.5, 0.6) is 5.75 Å². The summed E-state index contributed by atoms with van der Waals surface area (Å²) in [6, 6.07) is 15.3. The van der Waals surface area contributed by atoms with E-state index in [2.05, 4.69) is 33.5 Å². The van der Waals surface area contributed by atoms with E-state index in [-0.39, 0.29) is 35.9 Å². The Bertz CT molecular complexity index is 1570. The predicted molar refractivity (Wildman–Crippen MR) is 139 cm³/mol. The first-order chi connectivity index (χ1) is 17.8. The SMILES string of the molecule is C=CC(=O)Nc1ccc(-c2nn(CCN(C(=O)C(=C)C#N)c3ccccc3)c3ncnc(N)c23)cc1O. The molecule has 0 aliphatic carbocycles. The summed E-state index contributed by atoms with van der Waals surface area (Å²) >= 11 is 0. The maximum Gasteiger partial charge on any atom is 0.268 e. The van der Waals surface area contributed by atoms with Gasteiger partial charge in [0, 0.05) is 17.8 Å². The third-order valence-corrected chi connectivity index (χ3v) is 5.51. The lowest BCUT2D eigenvalue weighted by Gasteiger charge is -2.22. The summed E-state index contributed by atoms with van der Waals surface area (Å²) in [7, 11) is 0. The van der Waals surface area contributed by atoms with E-state index < -0.39 is 11.8 Å². The third kappa shape index (κ3) is 4.98. The molecule has 0 atom stereocenters. The lowest BCUT2D eigenvalue weighted by molar-refractivity contribution is -0.115. The van der Waals surface area contributed by atoms with Crippen LogP contribution in [-0.4, -0.2) is 43.2 Å². The van der Waals surface area contributed by atoms with Crippen LogP contribution in [0.2, 0.25) is 0 Å². The number of hydrogen-bond donors (Lipinski definition) is 3. The predicted octanol–water partition coefficient (Wildman–Crippen LogP) is 3.02. The molecule has 4 aromatic rings. The van der Waals surface area contributed by atoms with Crippen LogP contribution < -0.4 is 16.0 Å². The van der Waals surface area contributed by atoms with Gasteiger partial charge >= 0.3 is 0 Å². The third-order valence-electron chi connectivity index (χ3n) is 5.51. The van der Waals surface area contributed by atoms with Gasteiger partial charge in [-0.15, -0.1) is 0 Å². The smallest absolute Gasteiger partial charge is 0.268 e. The highest BCUT2D eigenvalue weighted by molar-refractivity contribution is 6.07. The number of anilines is 3. The van der Waals surface area contributed by atoms with Gasteiger partial charge in [0.1, 0.15) is 35.2 Å². The molecule has 0 spiro atoms. The molecular weight excluding hydrogens is 472 g/mol. The van der Waals surface area contributed by atoms with E-state index in [1.807, 2.05) is 6.07 Å². The second-order valence-corrected chi connectivity index (χ2v) is 7.84. The molecule has 2 heterocycles. The second kappa shape index (κ2) is 10.4. The number of nitrogens with one attached hydrogen (secondary N) is 1. The molecule has 4 N–H and O–H groups in total. The number of aromatic nitrogens is 4. The summed E-state index contributed by atoms with van der Waals surface area (Å²) in [5.41, 5.74) is 8.11. The normalized spacial score (nSPS) is 10.5. The van der Waals surface area contributed by atoms with Gasteiger partial charge in [-0.3, -0.25) is 9.59 Å². The van der Waals surface area contributed by atoms with Crippen LogP contribution in [0, 0.1) is 11.3 Å². The number of phenols is 1. The molecule has 37 heavy (non-hydrogen) atoms. The molecular formula is C26H22N8O3. The monoisotopic (exact) mass is 494 g/mol. The van der Waals surface area contributed by atoms with Crippen LogP contribution in [0.1, 0.15) is 0 Å². The van der Waals surface area contributed by atoms with Crippen molar-refractivity contribution >= 4 is 40.0 Å². The summed E-state index contributed by atoms with van der Waals surface area (Å²) < 4.78 is 1.57. The Balaban J connectivity index is 1.72. The Kier molecular flexibility index (Phi) is 6.93. The maximum absolute atomic E-state index is 12.9. The number of hydrogen-bond acceptors (Lipinski definition) is 8. The fourth-order valence-corrected chi connectivity index (χ4v) is 3.72. The molecule has 0 unspecified atom stereocenters. The van der Waals surface area contributed by atoms with E-state index in [0.717, 1.165) is 6.08 Å². The average molecular weight is 495 g/mol. The van der Waals surface area contributed by atoms with Crippen molar-refractivity contribution in [2.24, 2.45) is 0 Å². The van der Waals surface area contributed by atoms with Crippen molar-refractivity contribution in [2.75, 3.05) is 22.5 Å². The summed E-state index contributed by atoms with van der Waals surface area (Å²) in [6.45, 7) is 7.30.